The molecular weight excluding hydrogens is 154 g/mol. The van der Waals surface area contributed by atoms with E-state index >= 15 is 0 Å². The normalized spacial score (nSPS) is 25.5. The van der Waals surface area contributed by atoms with Gasteiger partial charge in [0.1, 0.15) is 6.04 Å². The molecule has 0 aliphatic carbocycles. The van der Waals surface area contributed by atoms with Crippen LogP contribution in [0.25, 0.3) is 0 Å². The number of amides is 2. The molecule has 1 atom stereocenters. The van der Waals surface area contributed by atoms with Crippen molar-refractivity contribution < 1.29 is 13.6 Å². The summed E-state index contributed by atoms with van der Waals surface area (Å²) >= 11 is 0. The summed E-state index contributed by atoms with van der Waals surface area (Å²) in [6.07, 6.45) is -2.45. The fourth-order valence-electron chi connectivity index (χ4n) is 1.14. The van der Waals surface area contributed by atoms with Crippen LogP contribution in [-0.2, 0) is 0 Å². The first-order valence-electron chi connectivity index (χ1n) is 3.30. The standard InChI is InChI=1S/C6H10F2N2O/c1-9-3-4(5(7)8)10(2)6(9)11/h4-5H,3H2,1-2H3. The van der Waals surface area contributed by atoms with Crippen LogP contribution < -0.4 is 0 Å². The quantitative estimate of drug-likeness (QED) is 0.557. The van der Waals surface area contributed by atoms with Gasteiger partial charge in [0.15, 0.2) is 0 Å². The largest absolute Gasteiger partial charge is 0.325 e. The van der Waals surface area contributed by atoms with Gasteiger partial charge in [-0.2, -0.15) is 0 Å². The lowest BCUT2D eigenvalue weighted by Crippen LogP contribution is -2.35. The van der Waals surface area contributed by atoms with Crippen molar-refractivity contribution in [3.8, 4) is 0 Å². The number of halogens is 2. The number of hydrogen-bond donors (Lipinski definition) is 0. The third-order valence-corrected chi connectivity index (χ3v) is 1.88. The van der Waals surface area contributed by atoms with Gasteiger partial charge in [0.2, 0.25) is 0 Å². The SMILES string of the molecule is CN1CC(C(F)F)N(C)C1=O. The fourth-order valence-corrected chi connectivity index (χ4v) is 1.14. The molecule has 1 aliphatic rings. The van der Waals surface area contributed by atoms with E-state index in [4.69, 9.17) is 0 Å². The highest BCUT2D eigenvalue weighted by Crippen LogP contribution is 2.17. The van der Waals surface area contributed by atoms with Gasteiger partial charge in [0, 0.05) is 20.6 Å². The number of urea groups is 1. The molecule has 0 aromatic heterocycles. The summed E-state index contributed by atoms with van der Waals surface area (Å²) < 4.78 is 24.2. The minimum atomic E-state index is -2.45. The minimum absolute atomic E-state index is 0.118. The Bertz CT molecular complexity index is 174. The van der Waals surface area contributed by atoms with Crippen LogP contribution in [0.3, 0.4) is 0 Å². The van der Waals surface area contributed by atoms with Gasteiger partial charge in [-0.1, -0.05) is 0 Å². The molecule has 1 fully saturated rings. The zero-order valence-electron chi connectivity index (χ0n) is 6.42. The molecule has 0 radical (unpaired) electrons. The van der Waals surface area contributed by atoms with Gasteiger partial charge in [0.05, 0.1) is 0 Å². The third-order valence-electron chi connectivity index (χ3n) is 1.88. The Morgan fingerprint density at radius 2 is 2.09 bits per heavy atom. The molecule has 5 heteroatoms. The molecule has 1 saturated heterocycles. The maximum absolute atomic E-state index is 12.1. The zero-order chi connectivity index (χ0) is 8.59. The Kier molecular flexibility index (Phi) is 1.97. The van der Waals surface area contributed by atoms with Gasteiger partial charge >= 0.3 is 6.03 Å². The Labute approximate surface area is 63.6 Å². The predicted octanol–water partition coefficient (Wildman–Crippen LogP) is 0.617. The van der Waals surface area contributed by atoms with Gasteiger partial charge in [-0.05, 0) is 0 Å². The lowest BCUT2D eigenvalue weighted by molar-refractivity contribution is 0.0710. The van der Waals surface area contributed by atoms with Crippen molar-refractivity contribution in [3.05, 3.63) is 0 Å². The maximum atomic E-state index is 12.1. The van der Waals surface area contributed by atoms with E-state index in [-0.39, 0.29) is 12.6 Å². The fraction of sp³-hybridized carbons (Fsp3) is 0.833. The molecule has 1 aliphatic heterocycles. The van der Waals surface area contributed by atoms with Crippen LogP contribution in [0.1, 0.15) is 0 Å². The molecule has 0 aromatic carbocycles. The van der Waals surface area contributed by atoms with Gasteiger partial charge < -0.3 is 9.80 Å². The first-order chi connectivity index (χ1) is 5.04. The molecule has 0 saturated carbocycles. The minimum Gasteiger partial charge on any atom is -0.325 e. The monoisotopic (exact) mass is 164 g/mol. The van der Waals surface area contributed by atoms with E-state index in [9.17, 15) is 13.6 Å². The number of hydrogen-bond acceptors (Lipinski definition) is 1. The Morgan fingerprint density at radius 3 is 2.27 bits per heavy atom. The molecule has 64 valence electrons. The van der Waals surface area contributed by atoms with Crippen LogP contribution in [0, 0.1) is 0 Å². The zero-order valence-corrected chi connectivity index (χ0v) is 6.42. The molecule has 1 heterocycles. The van der Waals surface area contributed by atoms with E-state index in [1.54, 1.807) is 0 Å². The van der Waals surface area contributed by atoms with E-state index in [1.165, 1.54) is 19.0 Å². The number of rotatable bonds is 1. The summed E-state index contributed by atoms with van der Waals surface area (Å²) in [5.74, 6) is 0. The molecule has 0 bridgehead atoms. The second-order valence-electron chi connectivity index (χ2n) is 2.68. The summed E-state index contributed by atoms with van der Waals surface area (Å²) in [6, 6.07) is -1.28. The van der Waals surface area contributed by atoms with Crippen LogP contribution in [-0.4, -0.2) is 48.9 Å². The second kappa shape index (κ2) is 2.64. The van der Waals surface area contributed by atoms with Crippen LogP contribution in [0.4, 0.5) is 13.6 Å². The molecule has 1 unspecified atom stereocenters. The first kappa shape index (κ1) is 8.23. The van der Waals surface area contributed by atoms with Crippen LogP contribution in [0.2, 0.25) is 0 Å². The smallest absolute Gasteiger partial charge is 0.320 e. The van der Waals surface area contributed by atoms with E-state index in [0.717, 1.165) is 4.90 Å². The number of carbonyl (C=O) groups is 1. The molecular formula is C6H10F2N2O. The van der Waals surface area contributed by atoms with Crippen LogP contribution in [0.5, 0.6) is 0 Å². The van der Waals surface area contributed by atoms with Gasteiger partial charge in [-0.15, -0.1) is 0 Å². The third kappa shape index (κ3) is 1.27. The Balaban J connectivity index is 2.67. The van der Waals surface area contributed by atoms with Crippen molar-refractivity contribution in [1.29, 1.82) is 0 Å². The summed E-state index contributed by atoms with van der Waals surface area (Å²) in [4.78, 5) is 13.3. The highest BCUT2D eigenvalue weighted by Gasteiger charge is 2.37. The van der Waals surface area contributed by atoms with Crippen LogP contribution >= 0.6 is 0 Å². The summed E-state index contributed by atoms with van der Waals surface area (Å²) in [6.45, 7) is 0.118. The van der Waals surface area contributed by atoms with Gasteiger partial charge in [0.25, 0.3) is 6.43 Å². The Hall–Kier alpha value is -0.870. The highest BCUT2D eigenvalue weighted by molar-refractivity contribution is 5.76. The molecule has 3 nitrogen and oxygen atoms in total. The Morgan fingerprint density at radius 1 is 1.55 bits per heavy atom. The van der Waals surface area contributed by atoms with Crippen molar-refractivity contribution in [1.82, 2.24) is 9.80 Å². The number of alkyl halides is 2. The van der Waals surface area contributed by atoms with Crippen molar-refractivity contribution in [3.63, 3.8) is 0 Å². The van der Waals surface area contributed by atoms with Crippen molar-refractivity contribution in [2.24, 2.45) is 0 Å². The lowest BCUT2D eigenvalue weighted by Gasteiger charge is -2.15. The van der Waals surface area contributed by atoms with Gasteiger partial charge in [-0.3, -0.25) is 0 Å². The van der Waals surface area contributed by atoms with Crippen molar-refractivity contribution in [2.75, 3.05) is 20.6 Å². The lowest BCUT2D eigenvalue weighted by atomic mass is 10.3. The number of carbonyl (C=O) groups excluding carboxylic acids is 1. The maximum Gasteiger partial charge on any atom is 0.320 e. The summed E-state index contributed by atoms with van der Waals surface area (Å²) in [7, 11) is 2.91. The average Bonchev–Trinajstić information content (AvgIpc) is 2.17. The van der Waals surface area contributed by atoms with E-state index < -0.39 is 12.5 Å². The topological polar surface area (TPSA) is 23.6 Å². The molecule has 0 aromatic rings. The highest BCUT2D eigenvalue weighted by atomic mass is 19.3. The van der Waals surface area contributed by atoms with E-state index in [2.05, 4.69) is 0 Å². The van der Waals surface area contributed by atoms with Crippen molar-refractivity contribution in [2.45, 2.75) is 12.5 Å². The summed E-state index contributed by atoms with van der Waals surface area (Å²) in [5.41, 5.74) is 0. The molecule has 11 heavy (non-hydrogen) atoms. The van der Waals surface area contributed by atoms with Crippen molar-refractivity contribution >= 4 is 6.03 Å². The molecule has 0 spiro atoms. The van der Waals surface area contributed by atoms with Gasteiger partial charge in [-0.25, -0.2) is 13.6 Å². The molecule has 1 rings (SSSR count). The molecule has 2 amide bonds. The number of likely N-dealkylation sites (N-methyl/N-ethyl adjacent to an activating group) is 2. The van der Waals surface area contributed by atoms with Crippen LogP contribution in [0.15, 0.2) is 0 Å². The average molecular weight is 164 g/mol. The number of nitrogens with zero attached hydrogens (tertiary/aromatic N) is 2. The van der Waals surface area contributed by atoms with E-state index in [0.29, 0.717) is 0 Å². The predicted molar refractivity (Wildman–Crippen MR) is 35.6 cm³/mol. The second-order valence-corrected chi connectivity index (χ2v) is 2.68. The molecule has 0 N–H and O–H groups in total. The summed E-state index contributed by atoms with van der Waals surface area (Å²) in [5, 5.41) is 0. The van der Waals surface area contributed by atoms with E-state index in [1.807, 2.05) is 0 Å². The first-order valence-corrected chi connectivity index (χ1v) is 3.30.